The van der Waals surface area contributed by atoms with Gasteiger partial charge in [-0.25, -0.2) is 0 Å². The molecule has 0 aliphatic rings. The quantitative estimate of drug-likeness (QED) is 0.664. The molecule has 0 aliphatic carbocycles. The van der Waals surface area contributed by atoms with Crippen LogP contribution in [0.1, 0.15) is 5.56 Å². The Kier molecular flexibility index (Phi) is 3.63. The van der Waals surface area contributed by atoms with Gasteiger partial charge in [-0.05, 0) is 17.2 Å². The first kappa shape index (κ1) is 12.2. The Labute approximate surface area is 106 Å². The highest BCUT2D eigenvalue weighted by Gasteiger charge is 2.04. The summed E-state index contributed by atoms with van der Waals surface area (Å²) in [4.78, 5) is 11.1. The van der Waals surface area contributed by atoms with Gasteiger partial charge >= 0.3 is 5.97 Å². The number of hydrogen-bond acceptors (Lipinski definition) is 3. The molecule has 3 nitrogen and oxygen atoms in total. The van der Waals surface area contributed by atoms with Gasteiger partial charge in [0.1, 0.15) is 0 Å². The molecule has 0 amide bonds. The smallest absolute Gasteiger partial charge is 0.309 e. The summed E-state index contributed by atoms with van der Waals surface area (Å²) in [6.45, 7) is 0. The number of carbonyl (C=O) groups excluding carboxylic acids is 1. The Bertz CT molecular complexity index is 547. The van der Waals surface area contributed by atoms with Crippen LogP contribution in [0.5, 0.6) is 0 Å². The standard InChI is InChI=1S/C15H15NO2/c1-18-15(17)10-11-6-8-12(9-7-11)13-4-2-3-5-14(13)16/h2-9H,10,16H2,1H3. The van der Waals surface area contributed by atoms with Crippen molar-refractivity contribution in [1.29, 1.82) is 0 Å². The van der Waals surface area contributed by atoms with E-state index in [1.54, 1.807) is 0 Å². The molecular weight excluding hydrogens is 226 g/mol. The molecule has 0 radical (unpaired) electrons. The van der Waals surface area contributed by atoms with Gasteiger partial charge in [-0.3, -0.25) is 4.79 Å². The number of esters is 1. The van der Waals surface area contributed by atoms with Gasteiger partial charge in [0.15, 0.2) is 0 Å². The first-order valence-electron chi connectivity index (χ1n) is 5.71. The molecule has 92 valence electrons. The van der Waals surface area contributed by atoms with E-state index < -0.39 is 0 Å². The molecular formula is C15H15NO2. The lowest BCUT2D eigenvalue weighted by molar-refractivity contribution is -0.139. The molecule has 2 aromatic rings. The number of methoxy groups -OCH3 is 1. The van der Waals surface area contributed by atoms with Gasteiger partial charge in [0.25, 0.3) is 0 Å². The number of ether oxygens (including phenoxy) is 1. The zero-order valence-electron chi connectivity index (χ0n) is 10.2. The van der Waals surface area contributed by atoms with Crippen LogP contribution in [0.2, 0.25) is 0 Å². The molecule has 0 aliphatic heterocycles. The number of hydrogen-bond donors (Lipinski definition) is 1. The van der Waals surface area contributed by atoms with Crippen molar-refractivity contribution < 1.29 is 9.53 Å². The van der Waals surface area contributed by atoms with E-state index in [4.69, 9.17) is 5.73 Å². The summed E-state index contributed by atoms with van der Waals surface area (Å²) < 4.78 is 4.63. The SMILES string of the molecule is COC(=O)Cc1ccc(-c2ccccc2N)cc1. The minimum Gasteiger partial charge on any atom is -0.469 e. The van der Waals surface area contributed by atoms with E-state index >= 15 is 0 Å². The third-order valence-electron chi connectivity index (χ3n) is 2.80. The second kappa shape index (κ2) is 5.36. The molecule has 0 heterocycles. The average molecular weight is 241 g/mol. The molecule has 3 heteroatoms. The zero-order chi connectivity index (χ0) is 13.0. The highest BCUT2D eigenvalue weighted by atomic mass is 16.5. The van der Waals surface area contributed by atoms with Crippen molar-refractivity contribution in [2.75, 3.05) is 12.8 Å². The minimum atomic E-state index is -0.234. The fourth-order valence-corrected chi connectivity index (χ4v) is 1.80. The third kappa shape index (κ3) is 2.69. The molecule has 2 aromatic carbocycles. The van der Waals surface area contributed by atoms with E-state index in [9.17, 15) is 4.79 Å². The van der Waals surface area contributed by atoms with Crippen molar-refractivity contribution in [3.8, 4) is 11.1 Å². The predicted molar refractivity (Wildman–Crippen MR) is 72.0 cm³/mol. The van der Waals surface area contributed by atoms with Crippen LogP contribution in [0, 0.1) is 0 Å². The zero-order valence-corrected chi connectivity index (χ0v) is 10.2. The monoisotopic (exact) mass is 241 g/mol. The minimum absolute atomic E-state index is 0.234. The Morgan fingerprint density at radius 2 is 1.78 bits per heavy atom. The third-order valence-corrected chi connectivity index (χ3v) is 2.80. The first-order valence-corrected chi connectivity index (χ1v) is 5.71. The summed E-state index contributed by atoms with van der Waals surface area (Å²) in [7, 11) is 1.39. The lowest BCUT2D eigenvalue weighted by Crippen LogP contribution is -2.04. The largest absolute Gasteiger partial charge is 0.469 e. The van der Waals surface area contributed by atoms with Gasteiger partial charge in [0.05, 0.1) is 13.5 Å². The summed E-state index contributed by atoms with van der Waals surface area (Å²) in [6.07, 6.45) is 0.293. The molecule has 2 rings (SSSR count). The maximum atomic E-state index is 11.1. The Hall–Kier alpha value is -2.29. The molecule has 0 bridgehead atoms. The number of nitrogen functional groups attached to an aromatic ring is 1. The number of para-hydroxylation sites is 1. The van der Waals surface area contributed by atoms with Crippen LogP contribution < -0.4 is 5.73 Å². The van der Waals surface area contributed by atoms with Crippen LogP contribution in [0.3, 0.4) is 0 Å². The van der Waals surface area contributed by atoms with Crippen molar-refractivity contribution in [2.24, 2.45) is 0 Å². The van der Waals surface area contributed by atoms with Crippen LogP contribution in [0.15, 0.2) is 48.5 Å². The lowest BCUT2D eigenvalue weighted by atomic mass is 10.0. The van der Waals surface area contributed by atoms with Crippen LogP contribution in [0.4, 0.5) is 5.69 Å². The summed E-state index contributed by atoms with van der Waals surface area (Å²) >= 11 is 0. The topological polar surface area (TPSA) is 52.3 Å². The average Bonchev–Trinajstić information content (AvgIpc) is 2.40. The first-order chi connectivity index (χ1) is 8.70. The van der Waals surface area contributed by atoms with Crippen molar-refractivity contribution >= 4 is 11.7 Å². The maximum absolute atomic E-state index is 11.1. The van der Waals surface area contributed by atoms with Crippen molar-refractivity contribution in [3.05, 3.63) is 54.1 Å². The molecule has 0 spiro atoms. The van der Waals surface area contributed by atoms with E-state index in [0.717, 1.165) is 22.4 Å². The van der Waals surface area contributed by atoms with Crippen LogP contribution in [-0.4, -0.2) is 13.1 Å². The van der Waals surface area contributed by atoms with Gasteiger partial charge in [-0.2, -0.15) is 0 Å². The van der Waals surface area contributed by atoms with Crippen molar-refractivity contribution in [3.63, 3.8) is 0 Å². The number of carbonyl (C=O) groups is 1. The molecule has 0 atom stereocenters. The van der Waals surface area contributed by atoms with Gasteiger partial charge in [-0.15, -0.1) is 0 Å². The van der Waals surface area contributed by atoms with Gasteiger partial charge < -0.3 is 10.5 Å². The fraction of sp³-hybridized carbons (Fsp3) is 0.133. The summed E-state index contributed by atoms with van der Waals surface area (Å²) in [5.41, 5.74) is 9.64. The summed E-state index contributed by atoms with van der Waals surface area (Å²) in [6, 6.07) is 15.5. The molecule has 0 saturated carbocycles. The summed E-state index contributed by atoms with van der Waals surface area (Å²) in [5, 5.41) is 0. The van der Waals surface area contributed by atoms with E-state index in [0.29, 0.717) is 6.42 Å². The molecule has 2 N–H and O–H groups in total. The van der Waals surface area contributed by atoms with Crippen molar-refractivity contribution in [2.45, 2.75) is 6.42 Å². The maximum Gasteiger partial charge on any atom is 0.309 e. The number of anilines is 1. The number of benzene rings is 2. The molecule has 0 aromatic heterocycles. The van der Waals surface area contributed by atoms with Crippen LogP contribution in [0.25, 0.3) is 11.1 Å². The van der Waals surface area contributed by atoms with Gasteiger partial charge in [0.2, 0.25) is 0 Å². The highest BCUT2D eigenvalue weighted by Crippen LogP contribution is 2.25. The van der Waals surface area contributed by atoms with Crippen molar-refractivity contribution in [1.82, 2.24) is 0 Å². The van der Waals surface area contributed by atoms with E-state index in [2.05, 4.69) is 4.74 Å². The normalized spacial score (nSPS) is 10.1. The Balaban J connectivity index is 2.23. The lowest BCUT2D eigenvalue weighted by Gasteiger charge is -2.06. The second-order valence-corrected chi connectivity index (χ2v) is 4.04. The van der Waals surface area contributed by atoms with E-state index in [-0.39, 0.29) is 5.97 Å². The number of nitrogens with two attached hydrogens (primary N) is 1. The molecule has 18 heavy (non-hydrogen) atoms. The van der Waals surface area contributed by atoms with E-state index in [1.165, 1.54) is 7.11 Å². The van der Waals surface area contributed by atoms with E-state index in [1.807, 2.05) is 48.5 Å². The van der Waals surface area contributed by atoms with Crippen LogP contribution >= 0.6 is 0 Å². The van der Waals surface area contributed by atoms with Gasteiger partial charge in [-0.1, -0.05) is 42.5 Å². The van der Waals surface area contributed by atoms with Gasteiger partial charge in [0, 0.05) is 11.3 Å². The molecule has 0 unspecified atom stereocenters. The Morgan fingerprint density at radius 3 is 2.39 bits per heavy atom. The fourth-order valence-electron chi connectivity index (χ4n) is 1.80. The highest BCUT2D eigenvalue weighted by molar-refractivity contribution is 5.77. The molecule has 0 saturated heterocycles. The predicted octanol–water partition coefficient (Wildman–Crippen LogP) is 2.65. The second-order valence-electron chi connectivity index (χ2n) is 4.04. The van der Waals surface area contributed by atoms with Crippen LogP contribution in [-0.2, 0) is 16.0 Å². The summed E-state index contributed by atoms with van der Waals surface area (Å²) in [5.74, 6) is -0.234. The Morgan fingerprint density at radius 1 is 1.11 bits per heavy atom. The molecule has 0 fully saturated rings. The number of rotatable bonds is 3.